The minimum Gasteiger partial charge on any atom is -0.469 e. The third-order valence-electron chi connectivity index (χ3n) is 7.08. The topological polar surface area (TPSA) is 115 Å². The van der Waals surface area contributed by atoms with Crippen molar-refractivity contribution in [1.82, 2.24) is 15.8 Å². The largest absolute Gasteiger partial charge is 0.494 e. The summed E-state index contributed by atoms with van der Waals surface area (Å²) in [6.07, 6.45) is 1.16. The zero-order valence-electron chi connectivity index (χ0n) is 23.9. The summed E-state index contributed by atoms with van der Waals surface area (Å²) in [4.78, 5) is 38.1. The molecule has 1 aromatic carbocycles. The molecule has 2 atom stereocenters. The van der Waals surface area contributed by atoms with E-state index in [2.05, 4.69) is 10.7 Å². The quantitative estimate of drug-likeness (QED) is 0.408. The highest BCUT2D eigenvalue weighted by atomic mass is 16.7. The van der Waals surface area contributed by atoms with Crippen molar-refractivity contribution in [3.05, 3.63) is 29.8 Å². The van der Waals surface area contributed by atoms with E-state index in [4.69, 9.17) is 18.8 Å². The lowest BCUT2D eigenvalue weighted by molar-refractivity contribution is -0.145. The molecule has 0 saturated carbocycles. The van der Waals surface area contributed by atoms with Crippen molar-refractivity contribution < 1.29 is 33.2 Å². The third kappa shape index (κ3) is 7.71. The monoisotopic (exact) mass is 531 g/mol. The molecule has 0 radical (unpaired) electrons. The number of amides is 2. The number of alkyl carbamates (subject to hydrolysis) is 1. The molecule has 2 saturated heterocycles. The maximum atomic E-state index is 13.6. The number of rotatable bonds is 7. The molecule has 2 heterocycles. The number of methoxy groups -OCH3 is 1. The van der Waals surface area contributed by atoms with E-state index in [0.717, 1.165) is 23.9 Å². The molecule has 2 aliphatic rings. The molecule has 10 nitrogen and oxygen atoms in total. The zero-order chi connectivity index (χ0) is 28.3. The van der Waals surface area contributed by atoms with Crippen LogP contribution in [-0.4, -0.2) is 72.6 Å². The molecule has 38 heavy (non-hydrogen) atoms. The zero-order valence-corrected chi connectivity index (χ0v) is 23.9. The number of hydrogen-bond donors (Lipinski definition) is 2. The van der Waals surface area contributed by atoms with Crippen LogP contribution in [-0.2, 0) is 34.8 Å². The van der Waals surface area contributed by atoms with Crippen LogP contribution in [0.5, 0.6) is 0 Å². The molecule has 2 N–H and O–H groups in total. The fourth-order valence-corrected chi connectivity index (χ4v) is 4.37. The number of ether oxygens (including phenoxy) is 2. The highest BCUT2D eigenvalue weighted by Crippen LogP contribution is 2.36. The Morgan fingerprint density at radius 2 is 1.84 bits per heavy atom. The first-order valence-corrected chi connectivity index (χ1v) is 13.2. The lowest BCUT2D eigenvalue weighted by atomic mass is 9.78. The van der Waals surface area contributed by atoms with Crippen LogP contribution in [0.3, 0.4) is 0 Å². The smallest absolute Gasteiger partial charge is 0.469 e. The fraction of sp³-hybridized carbons (Fsp3) is 0.667. The Morgan fingerprint density at radius 1 is 1.18 bits per heavy atom. The summed E-state index contributed by atoms with van der Waals surface area (Å²) < 4.78 is 22.6. The molecule has 210 valence electrons. The first-order valence-electron chi connectivity index (χ1n) is 13.2. The summed E-state index contributed by atoms with van der Waals surface area (Å²) in [5.74, 6) is -0.661. The van der Waals surface area contributed by atoms with Gasteiger partial charge in [0.1, 0.15) is 11.6 Å². The first-order chi connectivity index (χ1) is 17.6. The van der Waals surface area contributed by atoms with Crippen molar-refractivity contribution in [2.24, 2.45) is 0 Å². The molecule has 0 bridgehead atoms. The van der Waals surface area contributed by atoms with Gasteiger partial charge in [0.2, 0.25) is 0 Å². The van der Waals surface area contributed by atoms with Gasteiger partial charge in [0.15, 0.2) is 0 Å². The highest BCUT2D eigenvalue weighted by molar-refractivity contribution is 6.62. The van der Waals surface area contributed by atoms with E-state index >= 15 is 0 Å². The van der Waals surface area contributed by atoms with Crippen molar-refractivity contribution in [2.75, 3.05) is 13.7 Å². The second-order valence-corrected chi connectivity index (χ2v) is 12.0. The lowest BCUT2D eigenvalue weighted by Crippen LogP contribution is -2.59. The summed E-state index contributed by atoms with van der Waals surface area (Å²) in [5.41, 5.74) is 3.11. The molecule has 2 fully saturated rings. The van der Waals surface area contributed by atoms with Crippen LogP contribution in [0.15, 0.2) is 24.3 Å². The third-order valence-corrected chi connectivity index (χ3v) is 7.08. The summed E-state index contributed by atoms with van der Waals surface area (Å²) in [7, 11) is 0.794. The molecule has 0 aromatic heterocycles. The Balaban J connectivity index is 1.79. The number of hydrazine groups is 1. The second-order valence-electron chi connectivity index (χ2n) is 12.0. The summed E-state index contributed by atoms with van der Waals surface area (Å²) >= 11 is 0. The van der Waals surface area contributed by atoms with Gasteiger partial charge in [0.05, 0.1) is 24.7 Å². The van der Waals surface area contributed by atoms with Crippen molar-refractivity contribution >= 4 is 30.6 Å². The van der Waals surface area contributed by atoms with Gasteiger partial charge in [-0.3, -0.25) is 14.6 Å². The van der Waals surface area contributed by atoms with Gasteiger partial charge in [0.25, 0.3) is 5.91 Å². The molecule has 11 heteroatoms. The Labute approximate surface area is 226 Å². The molecule has 0 aliphatic carbocycles. The van der Waals surface area contributed by atoms with E-state index in [9.17, 15) is 14.4 Å². The van der Waals surface area contributed by atoms with Crippen molar-refractivity contribution in [3.8, 4) is 0 Å². The predicted octanol–water partition coefficient (Wildman–Crippen LogP) is 2.48. The predicted molar refractivity (Wildman–Crippen MR) is 144 cm³/mol. The summed E-state index contributed by atoms with van der Waals surface area (Å²) in [5, 5.41) is 4.24. The average Bonchev–Trinajstić information content (AvgIpc) is 3.04. The van der Waals surface area contributed by atoms with Gasteiger partial charge in [-0.05, 0) is 72.3 Å². The molecule has 0 unspecified atom stereocenters. The van der Waals surface area contributed by atoms with E-state index in [1.807, 2.05) is 52.0 Å². The van der Waals surface area contributed by atoms with Gasteiger partial charge in [0, 0.05) is 19.0 Å². The van der Waals surface area contributed by atoms with Gasteiger partial charge in [-0.15, -0.1) is 0 Å². The number of hydrogen-bond acceptors (Lipinski definition) is 8. The summed E-state index contributed by atoms with van der Waals surface area (Å²) in [6.45, 7) is 13.7. The van der Waals surface area contributed by atoms with E-state index < -0.39 is 36.1 Å². The number of nitrogens with one attached hydrogen (secondary N) is 2. The van der Waals surface area contributed by atoms with Crippen LogP contribution >= 0.6 is 0 Å². The maximum Gasteiger partial charge on any atom is 0.494 e. The van der Waals surface area contributed by atoms with Crippen molar-refractivity contribution in [2.45, 2.75) is 103 Å². The van der Waals surface area contributed by atoms with Crippen LogP contribution < -0.4 is 16.2 Å². The van der Waals surface area contributed by atoms with Crippen molar-refractivity contribution in [1.29, 1.82) is 0 Å². The van der Waals surface area contributed by atoms with Gasteiger partial charge < -0.3 is 24.1 Å². The van der Waals surface area contributed by atoms with E-state index in [1.165, 1.54) is 12.1 Å². The molecule has 2 aliphatic heterocycles. The molecule has 1 aromatic rings. The SMILES string of the molecule is COC(=O)C[C@@H]1CCCN(C(=O)[C@H](Cc2cccc(B3OC(C)(C)C(C)(C)O3)c2)NC(=O)OC(C)(C)C)N1. The van der Waals surface area contributed by atoms with E-state index in [1.54, 1.807) is 20.8 Å². The molecular formula is C27H42BN3O7. The summed E-state index contributed by atoms with van der Waals surface area (Å²) in [6, 6.07) is 6.51. The minimum atomic E-state index is -0.900. The van der Waals surface area contributed by atoms with Crippen LogP contribution in [0.2, 0.25) is 0 Å². The Kier molecular flexibility index (Phi) is 9.16. The average molecular weight is 531 g/mol. The molecular weight excluding hydrogens is 489 g/mol. The Hall–Kier alpha value is -2.63. The highest BCUT2D eigenvalue weighted by Gasteiger charge is 2.51. The molecule has 3 rings (SSSR count). The minimum absolute atomic E-state index is 0.153. The van der Waals surface area contributed by atoms with Crippen LogP contribution in [0.25, 0.3) is 0 Å². The van der Waals surface area contributed by atoms with E-state index in [0.29, 0.717) is 6.54 Å². The number of nitrogens with zero attached hydrogens (tertiary/aromatic N) is 1. The Morgan fingerprint density at radius 3 is 2.45 bits per heavy atom. The van der Waals surface area contributed by atoms with Crippen LogP contribution in [0.1, 0.15) is 73.3 Å². The first kappa shape index (κ1) is 29.9. The normalized spacial score (nSPS) is 21.5. The molecule has 2 amide bonds. The van der Waals surface area contributed by atoms with Gasteiger partial charge >= 0.3 is 19.2 Å². The number of benzene rings is 1. The standard InChI is InChI=1S/C27H42BN3O7/c1-25(2,3)36-24(34)29-21(23(33)31-14-10-13-20(30-31)17-22(32)35-8)16-18-11-9-12-19(15-18)28-37-26(4,5)27(6,7)38-28/h9,11-12,15,20-21,30H,10,13-14,16-17H2,1-8H3,(H,29,34)/t20-,21-/m0/s1. The number of carbonyl (C=O) groups is 3. The lowest BCUT2D eigenvalue weighted by Gasteiger charge is -2.36. The molecule has 0 spiro atoms. The van der Waals surface area contributed by atoms with Crippen LogP contribution in [0, 0.1) is 0 Å². The van der Waals surface area contributed by atoms with Gasteiger partial charge in [-0.1, -0.05) is 24.3 Å². The van der Waals surface area contributed by atoms with Gasteiger partial charge in [-0.25, -0.2) is 10.2 Å². The fourth-order valence-electron chi connectivity index (χ4n) is 4.37. The van der Waals surface area contributed by atoms with Crippen molar-refractivity contribution in [3.63, 3.8) is 0 Å². The number of esters is 1. The number of carbonyl (C=O) groups excluding carboxylic acids is 3. The second kappa shape index (κ2) is 11.6. The Bertz CT molecular complexity index is 1010. The van der Waals surface area contributed by atoms with E-state index in [-0.39, 0.29) is 30.8 Å². The maximum absolute atomic E-state index is 13.6. The van der Waals surface area contributed by atoms with Gasteiger partial charge in [-0.2, -0.15) is 0 Å². The van der Waals surface area contributed by atoms with Crippen LogP contribution in [0.4, 0.5) is 4.79 Å².